The monoisotopic (exact) mass is 252 g/mol. The zero-order chi connectivity index (χ0) is 13.0. The smallest absolute Gasteiger partial charge is 0.0251 e. The summed E-state index contributed by atoms with van der Waals surface area (Å²) in [6.07, 6.45) is 9.86. The highest BCUT2D eigenvalue weighted by atomic mass is 15.2. The first kappa shape index (κ1) is 14.3. The predicted octanol–water partition coefficient (Wildman–Crippen LogP) is 3.28. The van der Waals surface area contributed by atoms with Gasteiger partial charge < -0.3 is 5.32 Å². The fourth-order valence-corrected chi connectivity index (χ4v) is 4.04. The second kappa shape index (κ2) is 6.91. The summed E-state index contributed by atoms with van der Waals surface area (Å²) in [4.78, 5) is 2.80. The van der Waals surface area contributed by atoms with Crippen LogP contribution in [0.15, 0.2) is 0 Å². The minimum Gasteiger partial charge on any atom is -0.315 e. The molecule has 2 rings (SSSR count). The third-order valence-corrected chi connectivity index (χ3v) is 5.57. The maximum absolute atomic E-state index is 3.58. The number of hydrogen-bond acceptors (Lipinski definition) is 2. The Bertz CT molecular complexity index is 233. The Hall–Kier alpha value is -0.0800. The van der Waals surface area contributed by atoms with Crippen molar-refractivity contribution >= 4 is 0 Å². The lowest BCUT2D eigenvalue weighted by Gasteiger charge is -2.45. The van der Waals surface area contributed by atoms with Gasteiger partial charge in [0.15, 0.2) is 0 Å². The Kier molecular flexibility index (Phi) is 5.50. The molecule has 1 aliphatic heterocycles. The van der Waals surface area contributed by atoms with Crippen molar-refractivity contribution in [1.82, 2.24) is 10.2 Å². The van der Waals surface area contributed by atoms with Crippen LogP contribution in [0.2, 0.25) is 0 Å². The van der Waals surface area contributed by atoms with Gasteiger partial charge in [-0.1, -0.05) is 26.7 Å². The van der Waals surface area contributed by atoms with E-state index in [0.717, 1.165) is 23.9 Å². The largest absolute Gasteiger partial charge is 0.315 e. The Balaban J connectivity index is 1.91. The third-order valence-electron chi connectivity index (χ3n) is 5.57. The van der Waals surface area contributed by atoms with Crippen molar-refractivity contribution in [2.24, 2.45) is 11.8 Å². The lowest BCUT2D eigenvalue weighted by Crippen LogP contribution is -2.54. The maximum Gasteiger partial charge on any atom is 0.0251 e. The molecule has 106 valence electrons. The van der Waals surface area contributed by atoms with E-state index in [4.69, 9.17) is 0 Å². The zero-order valence-corrected chi connectivity index (χ0v) is 12.6. The van der Waals surface area contributed by atoms with E-state index in [1.54, 1.807) is 0 Å². The van der Waals surface area contributed by atoms with Crippen LogP contribution < -0.4 is 5.32 Å². The summed E-state index contributed by atoms with van der Waals surface area (Å²) in [5.41, 5.74) is 0. The molecule has 0 spiro atoms. The number of hydrogen-bond donors (Lipinski definition) is 1. The van der Waals surface area contributed by atoms with Gasteiger partial charge in [-0.3, -0.25) is 4.90 Å². The summed E-state index contributed by atoms with van der Waals surface area (Å²) in [5.74, 6) is 1.98. The second-order valence-corrected chi connectivity index (χ2v) is 6.44. The lowest BCUT2D eigenvalue weighted by atomic mass is 9.79. The maximum atomic E-state index is 3.58. The first-order chi connectivity index (χ1) is 8.78. The summed E-state index contributed by atoms with van der Waals surface area (Å²) in [7, 11) is 2.16. The van der Waals surface area contributed by atoms with E-state index in [1.807, 2.05) is 0 Å². The van der Waals surface area contributed by atoms with E-state index in [2.05, 4.69) is 31.1 Å². The molecule has 2 heteroatoms. The van der Waals surface area contributed by atoms with Gasteiger partial charge in [-0.15, -0.1) is 0 Å². The van der Waals surface area contributed by atoms with Crippen molar-refractivity contribution in [3.05, 3.63) is 0 Å². The summed E-state index contributed by atoms with van der Waals surface area (Å²) in [6.45, 7) is 7.41. The molecule has 3 unspecified atom stereocenters. The van der Waals surface area contributed by atoms with Crippen molar-refractivity contribution in [3.8, 4) is 0 Å². The van der Waals surface area contributed by atoms with Gasteiger partial charge in [-0.2, -0.15) is 0 Å². The van der Waals surface area contributed by atoms with Crippen LogP contribution in [-0.2, 0) is 0 Å². The molecule has 1 N–H and O–H groups in total. The fraction of sp³-hybridized carbons (Fsp3) is 1.00. The third kappa shape index (κ3) is 3.27. The first-order valence-corrected chi connectivity index (χ1v) is 8.19. The summed E-state index contributed by atoms with van der Waals surface area (Å²) < 4.78 is 0. The lowest BCUT2D eigenvalue weighted by molar-refractivity contribution is 0.0658. The Morgan fingerprint density at radius 1 is 0.944 bits per heavy atom. The molecule has 2 fully saturated rings. The number of piperidine rings is 1. The highest BCUT2D eigenvalue weighted by Gasteiger charge is 2.34. The minimum atomic E-state index is 0.742. The van der Waals surface area contributed by atoms with Crippen molar-refractivity contribution in [1.29, 1.82) is 0 Å². The molecule has 1 saturated heterocycles. The molecule has 0 aromatic heterocycles. The zero-order valence-electron chi connectivity index (χ0n) is 12.6. The van der Waals surface area contributed by atoms with Crippen molar-refractivity contribution in [2.45, 2.75) is 70.9 Å². The van der Waals surface area contributed by atoms with E-state index >= 15 is 0 Å². The first-order valence-electron chi connectivity index (χ1n) is 8.19. The predicted molar refractivity (Wildman–Crippen MR) is 78.9 cm³/mol. The standard InChI is InChI=1S/C16H32N2/c1-4-13-8-10-18(11-9-13)16-12-14(5-2)6-7-15(16)17-3/h13-17H,4-12H2,1-3H3. The molecule has 1 heterocycles. The van der Waals surface area contributed by atoms with Gasteiger partial charge in [0.05, 0.1) is 0 Å². The van der Waals surface area contributed by atoms with Crippen LogP contribution in [0.1, 0.15) is 58.8 Å². The van der Waals surface area contributed by atoms with Gasteiger partial charge in [0, 0.05) is 12.1 Å². The summed E-state index contributed by atoms with van der Waals surface area (Å²) in [6, 6.07) is 1.55. The van der Waals surface area contributed by atoms with Crippen molar-refractivity contribution < 1.29 is 0 Å². The molecule has 0 radical (unpaired) electrons. The normalized spacial score (nSPS) is 35.8. The number of rotatable bonds is 4. The molecule has 0 aromatic rings. The molecule has 1 saturated carbocycles. The Morgan fingerprint density at radius 3 is 2.17 bits per heavy atom. The Labute approximate surface area is 114 Å². The SMILES string of the molecule is CCC1CCN(C2CC(CC)CCC2NC)CC1. The van der Waals surface area contributed by atoms with Crippen LogP contribution in [0.5, 0.6) is 0 Å². The van der Waals surface area contributed by atoms with E-state index in [-0.39, 0.29) is 0 Å². The quantitative estimate of drug-likeness (QED) is 0.826. The van der Waals surface area contributed by atoms with E-state index < -0.39 is 0 Å². The van der Waals surface area contributed by atoms with Gasteiger partial charge in [0.1, 0.15) is 0 Å². The molecule has 18 heavy (non-hydrogen) atoms. The molecule has 3 atom stereocenters. The summed E-state index contributed by atoms with van der Waals surface area (Å²) >= 11 is 0. The molecule has 0 amide bonds. The molecule has 1 aliphatic carbocycles. The van der Waals surface area contributed by atoms with Crippen LogP contribution in [0.3, 0.4) is 0 Å². The fourth-order valence-electron chi connectivity index (χ4n) is 4.04. The van der Waals surface area contributed by atoms with E-state index in [9.17, 15) is 0 Å². The number of likely N-dealkylation sites (N-methyl/N-ethyl adjacent to an activating group) is 1. The number of nitrogens with zero attached hydrogens (tertiary/aromatic N) is 1. The van der Waals surface area contributed by atoms with Crippen LogP contribution >= 0.6 is 0 Å². The molecular weight excluding hydrogens is 220 g/mol. The highest BCUT2D eigenvalue weighted by Crippen LogP contribution is 2.32. The van der Waals surface area contributed by atoms with Crippen LogP contribution in [0, 0.1) is 11.8 Å². The topological polar surface area (TPSA) is 15.3 Å². The van der Waals surface area contributed by atoms with Gasteiger partial charge in [0.2, 0.25) is 0 Å². The molecule has 2 aliphatic rings. The van der Waals surface area contributed by atoms with E-state index in [1.165, 1.54) is 58.0 Å². The Morgan fingerprint density at radius 2 is 1.61 bits per heavy atom. The van der Waals surface area contributed by atoms with E-state index in [0.29, 0.717) is 0 Å². The number of nitrogens with one attached hydrogen (secondary N) is 1. The highest BCUT2D eigenvalue weighted by molar-refractivity contribution is 4.91. The van der Waals surface area contributed by atoms with Gasteiger partial charge in [-0.25, -0.2) is 0 Å². The van der Waals surface area contributed by atoms with Crippen LogP contribution in [0.25, 0.3) is 0 Å². The average molecular weight is 252 g/mol. The summed E-state index contributed by atoms with van der Waals surface area (Å²) in [5, 5.41) is 3.58. The van der Waals surface area contributed by atoms with Gasteiger partial charge in [0.25, 0.3) is 0 Å². The molecule has 0 aromatic carbocycles. The van der Waals surface area contributed by atoms with Crippen molar-refractivity contribution in [2.75, 3.05) is 20.1 Å². The van der Waals surface area contributed by atoms with Crippen LogP contribution in [-0.4, -0.2) is 37.1 Å². The molecule has 2 nitrogen and oxygen atoms in total. The van der Waals surface area contributed by atoms with Gasteiger partial charge >= 0.3 is 0 Å². The second-order valence-electron chi connectivity index (χ2n) is 6.44. The molecule has 0 bridgehead atoms. The number of likely N-dealkylation sites (tertiary alicyclic amines) is 1. The molecular formula is C16H32N2. The van der Waals surface area contributed by atoms with Gasteiger partial charge in [-0.05, 0) is 64.1 Å². The van der Waals surface area contributed by atoms with Crippen LogP contribution in [0.4, 0.5) is 0 Å². The average Bonchev–Trinajstić information content (AvgIpc) is 2.46. The minimum absolute atomic E-state index is 0.742. The van der Waals surface area contributed by atoms with Crippen molar-refractivity contribution in [3.63, 3.8) is 0 Å².